The van der Waals surface area contributed by atoms with Crippen molar-refractivity contribution < 1.29 is 0 Å². The van der Waals surface area contributed by atoms with E-state index in [1.165, 1.54) is 11.8 Å². The normalized spacial score (nSPS) is 11.0. The molecule has 4 rings (SSSR count). The Morgan fingerprint density at radius 3 is 2.50 bits per heavy atom. The zero-order chi connectivity index (χ0) is 18.3. The van der Waals surface area contributed by atoms with Crippen molar-refractivity contribution in [2.24, 2.45) is 7.05 Å². The third kappa shape index (κ3) is 2.56. The van der Waals surface area contributed by atoms with Crippen LogP contribution in [0.2, 0.25) is 0 Å². The molecule has 4 aromatic rings. The second kappa shape index (κ2) is 6.15. The highest BCUT2D eigenvalue weighted by Crippen LogP contribution is 2.37. The number of nitrogen functional groups attached to an aromatic ring is 1. The Kier molecular flexibility index (Phi) is 3.81. The molecule has 0 unspecified atom stereocenters. The second-order valence-corrected chi connectivity index (χ2v) is 6.56. The summed E-state index contributed by atoms with van der Waals surface area (Å²) >= 11 is 0. The fourth-order valence-corrected chi connectivity index (χ4v) is 3.31. The van der Waals surface area contributed by atoms with Gasteiger partial charge in [0.1, 0.15) is 0 Å². The van der Waals surface area contributed by atoms with E-state index < -0.39 is 0 Å². The number of aryl methyl sites for hydroxylation is 2. The smallest absolute Gasteiger partial charge is 0.0788 e. The molecular weight excluding hydrogens is 320 g/mol. The number of benzene rings is 2. The van der Waals surface area contributed by atoms with Crippen LogP contribution in [-0.4, -0.2) is 15.8 Å². The molecule has 3 N–H and O–H groups in total. The molecule has 26 heavy (non-hydrogen) atoms. The Bertz CT molecular complexity index is 1120. The van der Waals surface area contributed by atoms with Gasteiger partial charge in [-0.25, -0.2) is 0 Å². The van der Waals surface area contributed by atoms with Gasteiger partial charge < -0.3 is 15.7 Å². The number of nitrogens with one attached hydrogen (secondary N) is 1. The Morgan fingerprint density at radius 2 is 1.77 bits per heavy atom. The summed E-state index contributed by atoms with van der Waals surface area (Å²) in [6.07, 6.45) is 5.26. The summed E-state index contributed by atoms with van der Waals surface area (Å²) in [6, 6.07) is 16.3. The van der Waals surface area contributed by atoms with Crippen molar-refractivity contribution in [1.82, 2.24) is 9.55 Å². The third-order valence-corrected chi connectivity index (χ3v) is 4.80. The van der Waals surface area contributed by atoms with Crippen molar-refractivity contribution in [3.8, 4) is 22.4 Å². The molecule has 0 aliphatic rings. The molecule has 0 saturated carbocycles. The first-order valence-electron chi connectivity index (χ1n) is 8.50. The van der Waals surface area contributed by atoms with Crippen LogP contribution >= 0.6 is 0 Å². The summed E-state index contributed by atoms with van der Waals surface area (Å²) in [5, 5.41) is 8.77. The van der Waals surface area contributed by atoms with Crippen molar-refractivity contribution in [2.75, 3.05) is 5.73 Å². The first-order chi connectivity index (χ1) is 12.6. The maximum absolute atomic E-state index is 7.63. The first-order valence-corrected chi connectivity index (χ1v) is 8.50. The summed E-state index contributed by atoms with van der Waals surface area (Å²) in [4.78, 5) is 4.78. The lowest BCUT2D eigenvalue weighted by Crippen LogP contribution is -1.96. The third-order valence-electron chi connectivity index (χ3n) is 4.80. The van der Waals surface area contributed by atoms with Crippen LogP contribution in [0.15, 0.2) is 60.9 Å². The van der Waals surface area contributed by atoms with Gasteiger partial charge in [-0.15, -0.1) is 0 Å². The Morgan fingerprint density at radius 1 is 1.04 bits per heavy atom. The predicted octanol–water partition coefficient (Wildman–Crippen LogP) is 4.80. The van der Waals surface area contributed by atoms with Gasteiger partial charge >= 0.3 is 0 Å². The van der Waals surface area contributed by atoms with Gasteiger partial charge in [0.25, 0.3) is 0 Å². The van der Waals surface area contributed by atoms with Crippen LogP contribution in [0.25, 0.3) is 33.3 Å². The molecule has 2 heterocycles. The monoisotopic (exact) mass is 340 g/mol. The van der Waals surface area contributed by atoms with Crippen LogP contribution in [0.1, 0.15) is 11.1 Å². The van der Waals surface area contributed by atoms with E-state index in [1.807, 2.05) is 37.6 Å². The van der Waals surface area contributed by atoms with Crippen molar-refractivity contribution >= 4 is 22.8 Å². The van der Waals surface area contributed by atoms with Gasteiger partial charge in [0.15, 0.2) is 0 Å². The van der Waals surface area contributed by atoms with Crippen molar-refractivity contribution in [3.63, 3.8) is 0 Å². The molecule has 0 amide bonds. The van der Waals surface area contributed by atoms with E-state index in [0.717, 1.165) is 33.3 Å². The minimum atomic E-state index is 0.605. The molecule has 0 fully saturated rings. The molecule has 0 bridgehead atoms. The number of nitrogens with zero attached hydrogens (tertiary/aromatic N) is 2. The maximum Gasteiger partial charge on any atom is 0.0788 e. The Labute approximate surface area is 152 Å². The summed E-state index contributed by atoms with van der Waals surface area (Å²) in [6.45, 7) is 2.08. The first kappa shape index (κ1) is 16.1. The van der Waals surface area contributed by atoms with E-state index in [1.54, 1.807) is 0 Å². The fraction of sp³-hybridized carbons (Fsp3) is 0.0909. The van der Waals surface area contributed by atoms with Gasteiger partial charge in [0.05, 0.1) is 17.4 Å². The average Bonchev–Trinajstić information content (AvgIpc) is 3.03. The van der Waals surface area contributed by atoms with Crippen LogP contribution in [0.3, 0.4) is 0 Å². The van der Waals surface area contributed by atoms with Gasteiger partial charge in [-0.05, 0) is 30.7 Å². The summed E-state index contributed by atoms with van der Waals surface area (Å²) in [7, 11) is 2.02. The van der Waals surface area contributed by atoms with E-state index in [0.29, 0.717) is 11.3 Å². The van der Waals surface area contributed by atoms with Gasteiger partial charge in [-0.2, -0.15) is 0 Å². The predicted molar refractivity (Wildman–Crippen MR) is 109 cm³/mol. The number of hydrogen-bond acceptors (Lipinski definition) is 3. The molecule has 0 radical (unpaired) electrons. The van der Waals surface area contributed by atoms with E-state index in [2.05, 4.69) is 41.8 Å². The quantitative estimate of drug-likeness (QED) is 0.416. The zero-order valence-corrected chi connectivity index (χ0v) is 14.8. The molecule has 4 nitrogen and oxygen atoms in total. The van der Waals surface area contributed by atoms with E-state index in [4.69, 9.17) is 16.1 Å². The lowest BCUT2D eigenvalue weighted by Gasteiger charge is -2.13. The van der Waals surface area contributed by atoms with E-state index in [9.17, 15) is 0 Å². The Balaban J connectivity index is 2.06. The molecular formula is C22H20N4. The summed E-state index contributed by atoms with van der Waals surface area (Å²) in [5.74, 6) is 0. The maximum atomic E-state index is 7.63. The van der Waals surface area contributed by atoms with Crippen LogP contribution in [-0.2, 0) is 7.05 Å². The highest BCUT2D eigenvalue weighted by atomic mass is 14.9. The van der Waals surface area contributed by atoms with E-state index in [-0.39, 0.29) is 0 Å². The molecule has 0 spiro atoms. The molecule has 0 aliphatic heterocycles. The number of fused-ring (bicyclic) bond motifs is 1. The highest BCUT2D eigenvalue weighted by molar-refractivity contribution is 6.02. The Hall–Kier alpha value is -3.40. The topological polar surface area (TPSA) is 67.7 Å². The molecule has 128 valence electrons. The average molecular weight is 340 g/mol. The van der Waals surface area contributed by atoms with Crippen LogP contribution in [0.4, 0.5) is 5.69 Å². The number of nitrogens with two attached hydrogens (primary N) is 1. The van der Waals surface area contributed by atoms with Crippen molar-refractivity contribution in [1.29, 1.82) is 5.41 Å². The number of rotatable bonds is 3. The zero-order valence-electron chi connectivity index (χ0n) is 14.8. The minimum absolute atomic E-state index is 0.605. The van der Waals surface area contributed by atoms with Crippen LogP contribution in [0.5, 0.6) is 0 Å². The lowest BCUT2D eigenvalue weighted by molar-refractivity contribution is 0.965. The second-order valence-electron chi connectivity index (χ2n) is 6.56. The van der Waals surface area contributed by atoms with Crippen molar-refractivity contribution in [3.05, 3.63) is 72.1 Å². The molecule has 2 aromatic carbocycles. The van der Waals surface area contributed by atoms with Gasteiger partial charge in [-0.1, -0.05) is 35.9 Å². The summed E-state index contributed by atoms with van der Waals surface area (Å²) < 4.78 is 2.07. The van der Waals surface area contributed by atoms with Crippen LogP contribution < -0.4 is 5.73 Å². The molecule has 4 heteroatoms. The number of anilines is 1. The summed E-state index contributed by atoms with van der Waals surface area (Å²) in [5.41, 5.74) is 13.7. The molecule has 0 aliphatic carbocycles. The number of pyridine rings is 1. The van der Waals surface area contributed by atoms with Gasteiger partial charge in [0.2, 0.25) is 0 Å². The fourth-order valence-electron chi connectivity index (χ4n) is 3.31. The largest absolute Gasteiger partial charge is 0.398 e. The highest BCUT2D eigenvalue weighted by Gasteiger charge is 2.16. The SMILES string of the molecule is Cc1ccc(-c2ncc3c(ccn3C)c2-c2ccc(N)c(C=N)c2)cc1. The minimum Gasteiger partial charge on any atom is -0.398 e. The number of hydrogen-bond donors (Lipinski definition) is 2. The van der Waals surface area contributed by atoms with Gasteiger partial charge in [-0.3, -0.25) is 4.98 Å². The number of aromatic nitrogens is 2. The van der Waals surface area contributed by atoms with E-state index >= 15 is 0 Å². The molecule has 0 atom stereocenters. The standard InChI is InChI=1S/C22H20N4/c1-14-3-5-15(6-4-14)22-21(16-7-8-19(24)17(11-16)12-23)18-9-10-26(2)20(18)13-25-22/h3-13,23H,24H2,1-2H3. The van der Waals surface area contributed by atoms with Crippen LogP contribution in [0, 0.1) is 12.3 Å². The molecule has 0 saturated heterocycles. The lowest BCUT2D eigenvalue weighted by atomic mass is 9.94. The van der Waals surface area contributed by atoms with Crippen molar-refractivity contribution in [2.45, 2.75) is 6.92 Å². The van der Waals surface area contributed by atoms with Gasteiger partial charge in [0, 0.05) is 47.2 Å². The molecule has 2 aromatic heterocycles.